The Morgan fingerprint density at radius 2 is 1.14 bits per heavy atom. The minimum absolute atomic E-state index is 0.750. The van der Waals surface area contributed by atoms with E-state index in [1.807, 2.05) is 0 Å². The molecule has 1 rings (SSSR count). The van der Waals surface area contributed by atoms with Crippen molar-refractivity contribution in [3.63, 3.8) is 0 Å². The fourth-order valence-corrected chi connectivity index (χ4v) is 1.03. The van der Waals surface area contributed by atoms with E-state index < -0.39 is 0 Å². The van der Waals surface area contributed by atoms with Crippen LogP contribution in [0.4, 0.5) is 0 Å². The largest absolute Gasteiger partial charge is 0.231 e. The Balaban J connectivity index is 0. The zero-order valence-electron chi connectivity index (χ0n) is 8.06. The molecule has 0 radical (unpaired) electrons. The average Bonchev–Trinajstić information content (AvgIpc) is 2.13. The first kappa shape index (κ1) is 14.7. The van der Waals surface area contributed by atoms with Gasteiger partial charge in [-0.3, -0.25) is 0 Å². The lowest BCUT2D eigenvalue weighted by Gasteiger charge is -2.14. The predicted molar refractivity (Wildman–Crippen MR) is 53.6 cm³/mol. The highest BCUT2D eigenvalue weighted by molar-refractivity contribution is 5.27. The van der Waals surface area contributed by atoms with Crippen LogP contribution in [-0.2, 0) is 9.59 Å². The molecule has 76 valence electrons. The van der Waals surface area contributed by atoms with Crippen molar-refractivity contribution in [1.29, 1.82) is 10.8 Å². The van der Waals surface area contributed by atoms with Crippen LogP contribution in [0, 0.1) is 10.8 Å². The number of nitrogens with one attached hydrogen (secondary N) is 2. The van der Waals surface area contributed by atoms with Crippen molar-refractivity contribution in [2.75, 3.05) is 0 Å². The first-order valence-electron chi connectivity index (χ1n) is 4.07. The fourth-order valence-electron chi connectivity index (χ4n) is 1.03. The molecule has 2 N–H and O–H groups in total. The first-order chi connectivity index (χ1) is 6.63. The van der Waals surface area contributed by atoms with Crippen LogP contribution < -0.4 is 0 Å². The van der Waals surface area contributed by atoms with E-state index in [1.54, 1.807) is 0 Å². The predicted octanol–water partition coefficient (Wildman–Crippen LogP) is 2.47. The molecule has 4 heteroatoms. The van der Waals surface area contributed by atoms with Gasteiger partial charge in [0.15, 0.2) is 0 Å². The van der Waals surface area contributed by atoms with E-state index in [4.69, 9.17) is 20.4 Å². The molecular formula is C10H14N2O2. The molecule has 1 aliphatic carbocycles. The number of hydrogen-bond acceptors (Lipinski definition) is 4. The lowest BCUT2D eigenvalue weighted by molar-refractivity contribution is 0.562. The molecule has 0 heterocycles. The summed E-state index contributed by atoms with van der Waals surface area (Å²) in [4.78, 5) is 16.7. The lowest BCUT2D eigenvalue weighted by Crippen LogP contribution is -1.94. The van der Waals surface area contributed by atoms with E-state index in [1.165, 1.54) is 36.8 Å². The average molecular weight is 194 g/mol. The third-order valence-electron chi connectivity index (χ3n) is 1.71. The van der Waals surface area contributed by atoms with E-state index in [-0.39, 0.29) is 0 Å². The quantitative estimate of drug-likeness (QED) is 0.458. The maximum absolute atomic E-state index is 8.35. The molecule has 1 fully saturated rings. The highest BCUT2D eigenvalue weighted by Gasteiger charge is 2.05. The second-order valence-corrected chi connectivity index (χ2v) is 2.62. The van der Waals surface area contributed by atoms with Gasteiger partial charge in [0.2, 0.25) is 12.2 Å². The molecule has 0 amide bonds. The molecule has 0 saturated heterocycles. The molecule has 0 unspecified atom stereocenters. The topological polar surface area (TPSA) is 81.8 Å². The standard InChI is InChI=1S/C8H12.2CHNO/c1-7-5-3-4-6-8(7)2;2*2-1-3/h1-6H2;2*2H. The van der Waals surface area contributed by atoms with Crippen LogP contribution >= 0.6 is 0 Å². The molecule has 14 heavy (non-hydrogen) atoms. The summed E-state index contributed by atoms with van der Waals surface area (Å²) in [6.07, 6.45) is 6.49. The minimum atomic E-state index is 0.750. The molecule has 1 aliphatic rings. The minimum Gasteiger partial charge on any atom is -0.222 e. The van der Waals surface area contributed by atoms with Crippen LogP contribution in [-0.4, -0.2) is 12.2 Å². The van der Waals surface area contributed by atoms with Gasteiger partial charge in [-0.25, -0.2) is 20.4 Å². The number of hydrogen-bond donors (Lipinski definition) is 2. The summed E-state index contributed by atoms with van der Waals surface area (Å²) >= 11 is 0. The molecule has 0 aliphatic heterocycles. The van der Waals surface area contributed by atoms with Crippen LogP contribution in [0.25, 0.3) is 0 Å². The highest BCUT2D eigenvalue weighted by Crippen LogP contribution is 2.24. The third-order valence-corrected chi connectivity index (χ3v) is 1.71. The summed E-state index contributed by atoms with van der Waals surface area (Å²) in [5.74, 6) is 0. The normalized spacial score (nSPS) is 13.4. The summed E-state index contributed by atoms with van der Waals surface area (Å²) < 4.78 is 0. The molecule has 0 bridgehead atoms. The van der Waals surface area contributed by atoms with Crippen molar-refractivity contribution in [1.82, 2.24) is 0 Å². The van der Waals surface area contributed by atoms with Crippen molar-refractivity contribution in [2.24, 2.45) is 0 Å². The number of isocyanates is 2. The monoisotopic (exact) mass is 194 g/mol. The Bertz CT molecular complexity index is 229. The van der Waals surface area contributed by atoms with Gasteiger partial charge in [-0.05, 0) is 25.7 Å². The Hall–Kier alpha value is -1.76. The molecule has 0 atom stereocenters. The van der Waals surface area contributed by atoms with Crippen LogP contribution in [0.3, 0.4) is 0 Å². The maximum Gasteiger partial charge on any atom is 0.231 e. The maximum atomic E-state index is 8.35. The van der Waals surface area contributed by atoms with Gasteiger partial charge in [0.1, 0.15) is 0 Å². The summed E-state index contributed by atoms with van der Waals surface area (Å²) in [5.41, 5.74) is 2.55. The van der Waals surface area contributed by atoms with Crippen molar-refractivity contribution >= 4 is 12.2 Å². The van der Waals surface area contributed by atoms with Crippen LogP contribution in [0.5, 0.6) is 0 Å². The fraction of sp³-hybridized carbons (Fsp3) is 0.400. The number of rotatable bonds is 0. The highest BCUT2D eigenvalue weighted by atomic mass is 16.1. The molecular weight excluding hydrogens is 180 g/mol. The summed E-state index contributed by atoms with van der Waals surface area (Å²) in [6, 6.07) is 0. The van der Waals surface area contributed by atoms with Gasteiger partial charge >= 0.3 is 0 Å². The molecule has 1 saturated carbocycles. The second-order valence-electron chi connectivity index (χ2n) is 2.62. The summed E-state index contributed by atoms with van der Waals surface area (Å²) in [7, 11) is 0. The Morgan fingerprint density at radius 3 is 1.29 bits per heavy atom. The van der Waals surface area contributed by atoms with Crippen LogP contribution in [0.1, 0.15) is 25.7 Å². The molecule has 0 aromatic heterocycles. The summed E-state index contributed by atoms with van der Waals surface area (Å²) in [6.45, 7) is 7.79. The first-order valence-corrected chi connectivity index (χ1v) is 4.07. The third kappa shape index (κ3) is 10.2. The Kier molecular flexibility index (Phi) is 11.8. The molecule has 0 aromatic rings. The Labute approximate surface area is 83.3 Å². The molecule has 0 aromatic carbocycles. The van der Waals surface area contributed by atoms with Gasteiger partial charge in [-0.15, -0.1) is 0 Å². The van der Waals surface area contributed by atoms with Gasteiger partial charge < -0.3 is 0 Å². The van der Waals surface area contributed by atoms with E-state index >= 15 is 0 Å². The molecule has 0 spiro atoms. The zero-order valence-corrected chi connectivity index (χ0v) is 8.06. The van der Waals surface area contributed by atoms with E-state index in [9.17, 15) is 0 Å². The van der Waals surface area contributed by atoms with E-state index in [2.05, 4.69) is 13.2 Å². The van der Waals surface area contributed by atoms with E-state index in [0.717, 1.165) is 12.2 Å². The summed E-state index contributed by atoms with van der Waals surface area (Å²) in [5, 5.41) is 10.8. The van der Waals surface area contributed by atoms with Crippen molar-refractivity contribution < 1.29 is 9.59 Å². The smallest absolute Gasteiger partial charge is 0.222 e. The van der Waals surface area contributed by atoms with Crippen LogP contribution in [0.15, 0.2) is 24.3 Å². The van der Waals surface area contributed by atoms with Gasteiger partial charge in [-0.1, -0.05) is 24.3 Å². The van der Waals surface area contributed by atoms with E-state index in [0.29, 0.717) is 0 Å². The van der Waals surface area contributed by atoms with Gasteiger partial charge in [0.05, 0.1) is 0 Å². The second kappa shape index (κ2) is 11.2. The molecule has 4 nitrogen and oxygen atoms in total. The van der Waals surface area contributed by atoms with Crippen molar-refractivity contribution in [2.45, 2.75) is 25.7 Å². The Morgan fingerprint density at radius 1 is 0.929 bits per heavy atom. The van der Waals surface area contributed by atoms with Gasteiger partial charge in [0.25, 0.3) is 0 Å². The van der Waals surface area contributed by atoms with Gasteiger partial charge in [0, 0.05) is 0 Å². The number of carbonyl (C=O) groups excluding carboxylic acids is 2. The van der Waals surface area contributed by atoms with Gasteiger partial charge in [-0.2, -0.15) is 0 Å². The lowest BCUT2D eigenvalue weighted by atomic mass is 9.92. The van der Waals surface area contributed by atoms with Crippen LogP contribution in [0.2, 0.25) is 0 Å². The van der Waals surface area contributed by atoms with Crippen molar-refractivity contribution in [3.8, 4) is 0 Å². The van der Waals surface area contributed by atoms with Crippen molar-refractivity contribution in [3.05, 3.63) is 24.3 Å². The SMILES string of the molecule is C=C1CCCCC1=C.N=C=O.N=C=O. The number of allylic oxidation sites excluding steroid dienone is 2. The zero-order chi connectivity index (χ0) is 11.4.